The number of nitrogens with zero attached hydrogens (tertiary/aromatic N) is 4. The first-order valence-corrected chi connectivity index (χ1v) is 7.48. The molecule has 114 valence electrons. The van der Waals surface area contributed by atoms with Gasteiger partial charge in [-0.1, -0.05) is 6.92 Å². The highest BCUT2D eigenvalue weighted by Crippen LogP contribution is 2.40. The summed E-state index contributed by atoms with van der Waals surface area (Å²) in [6.45, 7) is 3.30. The van der Waals surface area contributed by atoms with E-state index in [9.17, 15) is 9.59 Å². The van der Waals surface area contributed by atoms with Crippen molar-refractivity contribution >= 4 is 11.8 Å². The molecule has 3 rings (SSSR count). The molecule has 3 atom stereocenters. The maximum absolute atomic E-state index is 12.5. The van der Waals surface area contributed by atoms with Crippen LogP contribution in [0.1, 0.15) is 31.5 Å². The van der Waals surface area contributed by atoms with Crippen LogP contribution in [0, 0.1) is 11.8 Å². The Labute approximate surface area is 124 Å². The molecule has 0 radical (unpaired) electrons. The summed E-state index contributed by atoms with van der Waals surface area (Å²) in [5, 5.41) is 4.33. The van der Waals surface area contributed by atoms with Crippen LogP contribution in [-0.2, 0) is 16.1 Å². The second kappa shape index (κ2) is 5.16. The normalized spacial score (nSPS) is 27.2. The van der Waals surface area contributed by atoms with Gasteiger partial charge in [-0.15, -0.1) is 0 Å². The number of fused-ring (bicyclic) bond motifs is 1. The van der Waals surface area contributed by atoms with Crippen LogP contribution in [0.3, 0.4) is 0 Å². The molecule has 0 unspecified atom stereocenters. The summed E-state index contributed by atoms with van der Waals surface area (Å²) in [5.74, 6) is 0.989. The summed E-state index contributed by atoms with van der Waals surface area (Å²) in [6, 6.07) is 1.87. The predicted octanol–water partition coefficient (Wildman–Crippen LogP) is 0.901. The van der Waals surface area contributed by atoms with Crippen LogP contribution in [0.4, 0.5) is 0 Å². The second-order valence-corrected chi connectivity index (χ2v) is 6.45. The van der Waals surface area contributed by atoms with Gasteiger partial charge in [0.15, 0.2) is 0 Å². The highest BCUT2D eigenvalue weighted by atomic mass is 16.2. The molecular weight excluding hydrogens is 268 g/mol. The third-order valence-electron chi connectivity index (χ3n) is 4.53. The Balaban J connectivity index is 1.77. The van der Waals surface area contributed by atoms with Crippen molar-refractivity contribution in [1.82, 2.24) is 19.6 Å². The van der Waals surface area contributed by atoms with E-state index in [1.165, 1.54) is 0 Å². The summed E-state index contributed by atoms with van der Waals surface area (Å²) in [7, 11) is 3.51. The van der Waals surface area contributed by atoms with Crippen molar-refractivity contribution in [2.45, 2.75) is 32.4 Å². The molecule has 1 aliphatic heterocycles. The molecule has 0 spiro atoms. The van der Waals surface area contributed by atoms with E-state index in [0.29, 0.717) is 25.4 Å². The van der Waals surface area contributed by atoms with Gasteiger partial charge in [-0.2, -0.15) is 5.10 Å². The minimum absolute atomic E-state index is 0.0587. The van der Waals surface area contributed by atoms with Crippen molar-refractivity contribution < 1.29 is 9.59 Å². The summed E-state index contributed by atoms with van der Waals surface area (Å²) < 4.78 is 1.90. The lowest BCUT2D eigenvalue weighted by atomic mass is 10.1. The zero-order valence-electron chi connectivity index (χ0n) is 12.8. The van der Waals surface area contributed by atoms with Crippen LogP contribution in [0.5, 0.6) is 0 Å². The summed E-state index contributed by atoms with van der Waals surface area (Å²) in [5.41, 5.74) is 1.01. The molecule has 6 heteroatoms. The van der Waals surface area contributed by atoms with E-state index in [1.807, 2.05) is 15.6 Å². The van der Waals surface area contributed by atoms with Gasteiger partial charge in [0.1, 0.15) is 0 Å². The SMILES string of the molecule is C[C@@H]1C[C@@H]1C(=O)N1Cc2ccnn2[C@@H](CC(=O)N(C)C)C1. The zero-order chi connectivity index (χ0) is 15.1. The van der Waals surface area contributed by atoms with E-state index < -0.39 is 0 Å². The monoisotopic (exact) mass is 290 g/mol. The molecule has 21 heavy (non-hydrogen) atoms. The van der Waals surface area contributed by atoms with E-state index in [1.54, 1.807) is 25.2 Å². The van der Waals surface area contributed by atoms with Crippen LogP contribution >= 0.6 is 0 Å². The molecule has 1 aliphatic carbocycles. The first-order valence-electron chi connectivity index (χ1n) is 7.48. The standard InChI is InChI=1S/C15H22N4O2/c1-10-6-13(10)15(21)18-8-11-4-5-16-19(11)12(9-18)7-14(20)17(2)3/h4-5,10,12-13H,6-9H2,1-3H3/t10-,12+,13+/m1/s1. The molecule has 1 saturated carbocycles. The van der Waals surface area contributed by atoms with Gasteiger partial charge < -0.3 is 9.80 Å². The third-order valence-corrected chi connectivity index (χ3v) is 4.53. The van der Waals surface area contributed by atoms with E-state index in [4.69, 9.17) is 0 Å². The maximum Gasteiger partial charge on any atom is 0.226 e. The first-order chi connectivity index (χ1) is 9.97. The largest absolute Gasteiger partial charge is 0.349 e. The van der Waals surface area contributed by atoms with E-state index in [-0.39, 0.29) is 23.8 Å². The minimum Gasteiger partial charge on any atom is -0.349 e. The van der Waals surface area contributed by atoms with Gasteiger partial charge in [-0.3, -0.25) is 14.3 Å². The van der Waals surface area contributed by atoms with Crippen molar-refractivity contribution in [1.29, 1.82) is 0 Å². The lowest BCUT2D eigenvalue weighted by molar-refractivity contribution is -0.137. The molecule has 0 saturated heterocycles. The summed E-state index contributed by atoms with van der Waals surface area (Å²) >= 11 is 0. The molecule has 1 fully saturated rings. The quantitative estimate of drug-likeness (QED) is 0.831. The summed E-state index contributed by atoms with van der Waals surface area (Å²) in [6.07, 6.45) is 3.12. The van der Waals surface area contributed by atoms with Gasteiger partial charge >= 0.3 is 0 Å². The Morgan fingerprint density at radius 3 is 2.76 bits per heavy atom. The van der Waals surface area contributed by atoms with Gasteiger partial charge in [0, 0.05) is 32.8 Å². The number of aromatic nitrogens is 2. The number of rotatable bonds is 3. The van der Waals surface area contributed by atoms with Crippen LogP contribution in [0.2, 0.25) is 0 Å². The van der Waals surface area contributed by atoms with Crippen LogP contribution in [-0.4, -0.2) is 52.0 Å². The topological polar surface area (TPSA) is 58.4 Å². The van der Waals surface area contributed by atoms with Crippen molar-refractivity contribution in [3.63, 3.8) is 0 Å². The van der Waals surface area contributed by atoms with Crippen molar-refractivity contribution in [3.05, 3.63) is 18.0 Å². The number of amides is 2. The van der Waals surface area contributed by atoms with E-state index in [2.05, 4.69) is 12.0 Å². The molecule has 6 nitrogen and oxygen atoms in total. The minimum atomic E-state index is -0.0587. The maximum atomic E-state index is 12.5. The fraction of sp³-hybridized carbons (Fsp3) is 0.667. The number of carbonyl (C=O) groups is 2. The Morgan fingerprint density at radius 1 is 1.43 bits per heavy atom. The Kier molecular flexibility index (Phi) is 3.47. The summed E-state index contributed by atoms with van der Waals surface area (Å²) in [4.78, 5) is 28.0. The molecule has 1 aromatic heterocycles. The molecule has 0 aromatic carbocycles. The van der Waals surface area contributed by atoms with Gasteiger partial charge in [0.05, 0.1) is 24.7 Å². The Hall–Kier alpha value is -1.85. The second-order valence-electron chi connectivity index (χ2n) is 6.45. The lowest BCUT2D eigenvalue weighted by Gasteiger charge is -2.34. The molecule has 0 N–H and O–H groups in total. The first kappa shape index (κ1) is 14.1. The highest BCUT2D eigenvalue weighted by Gasteiger charge is 2.43. The lowest BCUT2D eigenvalue weighted by Crippen LogP contribution is -2.43. The van der Waals surface area contributed by atoms with Gasteiger partial charge in [0.2, 0.25) is 11.8 Å². The molecule has 0 bridgehead atoms. The fourth-order valence-electron chi connectivity index (χ4n) is 2.99. The fourth-order valence-corrected chi connectivity index (χ4v) is 2.99. The average Bonchev–Trinajstić information content (AvgIpc) is 2.98. The molecule has 2 heterocycles. The molecule has 2 aliphatic rings. The molecule has 2 amide bonds. The van der Waals surface area contributed by atoms with Crippen molar-refractivity contribution in [3.8, 4) is 0 Å². The average molecular weight is 290 g/mol. The van der Waals surface area contributed by atoms with Gasteiger partial charge in [-0.05, 0) is 18.4 Å². The van der Waals surface area contributed by atoms with Gasteiger partial charge in [0.25, 0.3) is 0 Å². The van der Waals surface area contributed by atoms with Crippen LogP contribution < -0.4 is 0 Å². The number of carbonyl (C=O) groups excluding carboxylic acids is 2. The van der Waals surface area contributed by atoms with E-state index in [0.717, 1.165) is 12.1 Å². The third kappa shape index (κ3) is 2.66. The van der Waals surface area contributed by atoms with Crippen LogP contribution in [0.25, 0.3) is 0 Å². The number of hydrogen-bond donors (Lipinski definition) is 0. The van der Waals surface area contributed by atoms with E-state index >= 15 is 0 Å². The number of hydrogen-bond acceptors (Lipinski definition) is 3. The van der Waals surface area contributed by atoms with Crippen molar-refractivity contribution in [2.24, 2.45) is 11.8 Å². The predicted molar refractivity (Wildman–Crippen MR) is 77.3 cm³/mol. The Morgan fingerprint density at radius 2 is 2.14 bits per heavy atom. The Bertz CT molecular complexity index is 566. The molecular formula is C15H22N4O2. The zero-order valence-corrected chi connectivity index (χ0v) is 12.8. The van der Waals surface area contributed by atoms with Crippen molar-refractivity contribution in [2.75, 3.05) is 20.6 Å². The molecule has 1 aromatic rings. The van der Waals surface area contributed by atoms with Crippen LogP contribution in [0.15, 0.2) is 12.3 Å². The highest BCUT2D eigenvalue weighted by molar-refractivity contribution is 5.82. The smallest absolute Gasteiger partial charge is 0.226 e. The van der Waals surface area contributed by atoms with Gasteiger partial charge in [-0.25, -0.2) is 0 Å².